The van der Waals surface area contributed by atoms with Gasteiger partial charge in [-0.2, -0.15) is 0 Å². The Bertz CT molecular complexity index is 228. The van der Waals surface area contributed by atoms with E-state index in [2.05, 4.69) is 31.0 Å². The Kier molecular flexibility index (Phi) is 11.3. The molecule has 0 aromatic carbocycles. The second kappa shape index (κ2) is 12.5. The molecule has 0 radical (unpaired) electrons. The van der Waals surface area contributed by atoms with Gasteiger partial charge >= 0.3 is 0 Å². The highest BCUT2D eigenvalue weighted by Gasteiger charge is 2.17. The molecule has 0 saturated carbocycles. The minimum absolute atomic E-state index is 0.719. The molecule has 2 nitrogen and oxygen atoms in total. The highest BCUT2D eigenvalue weighted by Crippen LogP contribution is 2.13. The number of nitrogens with zero attached hydrogens (tertiary/aromatic N) is 1. The quantitative estimate of drug-likeness (QED) is 0.541. The third-order valence-electron chi connectivity index (χ3n) is 4.96. The highest BCUT2D eigenvalue weighted by molar-refractivity contribution is 4.76. The largest absolute Gasteiger partial charge is 0.314 e. The van der Waals surface area contributed by atoms with Gasteiger partial charge in [0.15, 0.2) is 0 Å². The maximum Gasteiger partial charge on any atom is 0.00797 e. The van der Waals surface area contributed by atoms with Gasteiger partial charge in [0.05, 0.1) is 0 Å². The highest BCUT2D eigenvalue weighted by atomic mass is 15.1. The van der Waals surface area contributed by atoms with Crippen molar-refractivity contribution in [3.8, 4) is 0 Å². The zero-order valence-electron chi connectivity index (χ0n) is 15.0. The fourth-order valence-corrected chi connectivity index (χ4v) is 3.40. The van der Waals surface area contributed by atoms with E-state index in [1.807, 2.05) is 0 Å². The monoisotopic (exact) mass is 296 g/mol. The van der Waals surface area contributed by atoms with Crippen molar-refractivity contribution in [1.82, 2.24) is 10.2 Å². The number of hydrogen-bond acceptors (Lipinski definition) is 2. The molecule has 1 aliphatic rings. The Balaban J connectivity index is 1.93. The number of unbranched alkanes of at least 4 members (excludes halogenated alkanes) is 7. The Labute approximate surface area is 134 Å². The topological polar surface area (TPSA) is 15.3 Å². The van der Waals surface area contributed by atoms with Crippen LogP contribution in [0.5, 0.6) is 0 Å². The average molecular weight is 297 g/mol. The van der Waals surface area contributed by atoms with Gasteiger partial charge in [0.2, 0.25) is 0 Å². The van der Waals surface area contributed by atoms with Crippen LogP contribution in [-0.4, -0.2) is 36.6 Å². The van der Waals surface area contributed by atoms with Crippen molar-refractivity contribution in [2.75, 3.05) is 19.6 Å². The number of hydrogen-bond donors (Lipinski definition) is 1. The number of nitrogens with one attached hydrogen (secondary N) is 1. The van der Waals surface area contributed by atoms with Crippen LogP contribution in [0.4, 0.5) is 0 Å². The summed E-state index contributed by atoms with van der Waals surface area (Å²) < 4.78 is 0. The van der Waals surface area contributed by atoms with Gasteiger partial charge < -0.3 is 10.2 Å². The van der Waals surface area contributed by atoms with E-state index in [1.165, 1.54) is 90.3 Å². The first-order chi connectivity index (χ1) is 10.2. The molecule has 21 heavy (non-hydrogen) atoms. The van der Waals surface area contributed by atoms with Gasteiger partial charge in [0.25, 0.3) is 0 Å². The molecule has 0 aliphatic carbocycles. The van der Waals surface area contributed by atoms with Crippen molar-refractivity contribution in [3.63, 3.8) is 0 Å². The van der Waals surface area contributed by atoms with Crippen molar-refractivity contribution < 1.29 is 0 Å². The molecule has 126 valence electrons. The molecule has 1 saturated heterocycles. The lowest BCUT2D eigenvalue weighted by Crippen LogP contribution is -2.34. The van der Waals surface area contributed by atoms with E-state index >= 15 is 0 Å². The summed E-state index contributed by atoms with van der Waals surface area (Å²) in [7, 11) is 0. The molecular formula is C19H40N2. The normalized spacial score (nSPS) is 20.9. The van der Waals surface area contributed by atoms with Gasteiger partial charge in [-0.1, -0.05) is 51.9 Å². The molecule has 1 fully saturated rings. The van der Waals surface area contributed by atoms with E-state index in [-0.39, 0.29) is 0 Å². The molecule has 1 heterocycles. The predicted molar refractivity (Wildman–Crippen MR) is 95.0 cm³/mol. The fourth-order valence-electron chi connectivity index (χ4n) is 3.40. The summed E-state index contributed by atoms with van der Waals surface area (Å²) >= 11 is 0. The molecular weight excluding hydrogens is 256 g/mol. The van der Waals surface area contributed by atoms with Gasteiger partial charge in [-0.25, -0.2) is 0 Å². The first-order valence-corrected chi connectivity index (χ1v) is 9.71. The maximum atomic E-state index is 3.81. The van der Waals surface area contributed by atoms with Crippen LogP contribution in [0.25, 0.3) is 0 Å². The molecule has 1 aliphatic heterocycles. The molecule has 1 rings (SSSR count). The first kappa shape index (κ1) is 19.0. The van der Waals surface area contributed by atoms with Crippen LogP contribution >= 0.6 is 0 Å². The van der Waals surface area contributed by atoms with Crippen LogP contribution in [0.3, 0.4) is 0 Å². The summed E-state index contributed by atoms with van der Waals surface area (Å²) in [5.41, 5.74) is 0. The van der Waals surface area contributed by atoms with E-state index < -0.39 is 0 Å². The van der Waals surface area contributed by atoms with Gasteiger partial charge in [-0.15, -0.1) is 0 Å². The van der Waals surface area contributed by atoms with Gasteiger partial charge in [-0.3, -0.25) is 0 Å². The lowest BCUT2D eigenvalue weighted by molar-refractivity contribution is 0.229. The van der Waals surface area contributed by atoms with Crippen molar-refractivity contribution in [3.05, 3.63) is 0 Å². The number of rotatable bonds is 11. The molecule has 0 aromatic rings. The molecule has 2 heteroatoms. The lowest BCUT2D eigenvalue weighted by atomic mass is 10.1. The standard InChI is InChI=1S/C19H40N2/c1-4-5-6-7-8-9-10-11-15-20-19-13-12-16-21(17-14-19)18(2)3/h18-20H,4-17H2,1-3H3. The van der Waals surface area contributed by atoms with Gasteiger partial charge in [0, 0.05) is 12.1 Å². The van der Waals surface area contributed by atoms with E-state index in [9.17, 15) is 0 Å². The SMILES string of the molecule is CCCCCCCCCCNC1CCCN(C(C)C)CC1. The first-order valence-electron chi connectivity index (χ1n) is 9.71. The van der Waals surface area contributed by atoms with Crippen LogP contribution in [-0.2, 0) is 0 Å². The van der Waals surface area contributed by atoms with Crippen LogP contribution < -0.4 is 5.32 Å². The summed E-state index contributed by atoms with van der Waals surface area (Å²) in [6.07, 6.45) is 15.5. The molecule has 1 N–H and O–H groups in total. The minimum Gasteiger partial charge on any atom is -0.314 e. The summed E-state index contributed by atoms with van der Waals surface area (Å²) in [4.78, 5) is 2.64. The summed E-state index contributed by atoms with van der Waals surface area (Å²) in [6, 6.07) is 1.50. The molecule has 1 unspecified atom stereocenters. The second-order valence-electron chi connectivity index (χ2n) is 7.19. The third-order valence-corrected chi connectivity index (χ3v) is 4.96. The van der Waals surface area contributed by atoms with Crippen molar-refractivity contribution in [1.29, 1.82) is 0 Å². The molecule has 0 amide bonds. The fraction of sp³-hybridized carbons (Fsp3) is 1.00. The van der Waals surface area contributed by atoms with Gasteiger partial charge in [-0.05, 0) is 59.2 Å². The maximum absolute atomic E-state index is 3.81. The average Bonchev–Trinajstić information content (AvgIpc) is 2.71. The minimum atomic E-state index is 0.719. The summed E-state index contributed by atoms with van der Waals surface area (Å²) in [6.45, 7) is 10.8. The second-order valence-corrected chi connectivity index (χ2v) is 7.19. The van der Waals surface area contributed by atoms with E-state index in [0.29, 0.717) is 0 Å². The van der Waals surface area contributed by atoms with E-state index in [1.54, 1.807) is 0 Å². The molecule has 0 spiro atoms. The van der Waals surface area contributed by atoms with Crippen LogP contribution in [0.2, 0.25) is 0 Å². The molecule has 0 bridgehead atoms. The van der Waals surface area contributed by atoms with Crippen LogP contribution in [0.15, 0.2) is 0 Å². The van der Waals surface area contributed by atoms with Crippen molar-refractivity contribution in [2.24, 2.45) is 0 Å². The Morgan fingerprint density at radius 1 is 0.905 bits per heavy atom. The zero-order chi connectivity index (χ0) is 15.3. The lowest BCUT2D eigenvalue weighted by Gasteiger charge is -2.24. The number of likely N-dealkylation sites (tertiary alicyclic amines) is 1. The molecule has 0 aromatic heterocycles. The van der Waals surface area contributed by atoms with Crippen molar-refractivity contribution >= 4 is 0 Å². The van der Waals surface area contributed by atoms with Crippen molar-refractivity contribution in [2.45, 2.75) is 103 Å². The van der Waals surface area contributed by atoms with E-state index in [4.69, 9.17) is 0 Å². The molecule has 1 atom stereocenters. The zero-order valence-corrected chi connectivity index (χ0v) is 15.0. The van der Waals surface area contributed by atoms with Crippen LogP contribution in [0, 0.1) is 0 Å². The van der Waals surface area contributed by atoms with Crippen LogP contribution in [0.1, 0.15) is 91.4 Å². The Hall–Kier alpha value is -0.0800. The third kappa shape index (κ3) is 9.52. The Morgan fingerprint density at radius 2 is 1.57 bits per heavy atom. The van der Waals surface area contributed by atoms with Gasteiger partial charge in [0.1, 0.15) is 0 Å². The summed E-state index contributed by atoms with van der Waals surface area (Å²) in [5.74, 6) is 0. The predicted octanol–water partition coefficient (Wildman–Crippen LogP) is 4.98. The van der Waals surface area contributed by atoms with E-state index in [0.717, 1.165) is 12.1 Å². The Morgan fingerprint density at radius 3 is 2.24 bits per heavy atom. The smallest absolute Gasteiger partial charge is 0.00797 e. The summed E-state index contributed by atoms with van der Waals surface area (Å²) in [5, 5.41) is 3.81.